The summed E-state index contributed by atoms with van der Waals surface area (Å²) >= 11 is 0. The summed E-state index contributed by atoms with van der Waals surface area (Å²) in [6.45, 7) is 16.5. The van der Waals surface area contributed by atoms with E-state index in [2.05, 4.69) is 61.6 Å². The van der Waals surface area contributed by atoms with Gasteiger partial charge < -0.3 is 5.32 Å². The van der Waals surface area contributed by atoms with E-state index in [9.17, 15) is 0 Å². The maximum Gasteiger partial charge on any atom is 0.138 e. The second-order valence-electron chi connectivity index (χ2n) is 6.83. The van der Waals surface area contributed by atoms with Gasteiger partial charge in [0, 0.05) is 13.0 Å². The van der Waals surface area contributed by atoms with Crippen LogP contribution in [0.3, 0.4) is 0 Å². The number of nitrogens with zero attached hydrogens (tertiary/aromatic N) is 3. The summed E-state index contributed by atoms with van der Waals surface area (Å²) in [6, 6.07) is 0. The molecule has 0 saturated carbocycles. The molecule has 0 radical (unpaired) electrons. The lowest BCUT2D eigenvalue weighted by Gasteiger charge is -2.30. The molecule has 0 aromatic carbocycles. The van der Waals surface area contributed by atoms with Crippen molar-refractivity contribution in [3.8, 4) is 0 Å². The zero-order chi connectivity index (χ0) is 14.5. The molecule has 0 spiro atoms. The molecule has 1 heterocycles. The van der Waals surface area contributed by atoms with Crippen molar-refractivity contribution in [3.05, 3.63) is 12.2 Å². The quantitative estimate of drug-likeness (QED) is 0.825. The highest BCUT2D eigenvalue weighted by molar-refractivity contribution is 4.91. The van der Waals surface area contributed by atoms with Gasteiger partial charge in [-0.25, -0.2) is 9.67 Å². The van der Waals surface area contributed by atoms with Gasteiger partial charge in [-0.2, -0.15) is 5.10 Å². The van der Waals surface area contributed by atoms with E-state index < -0.39 is 0 Å². The highest BCUT2D eigenvalue weighted by atomic mass is 15.3. The second kappa shape index (κ2) is 7.04. The fourth-order valence-electron chi connectivity index (χ4n) is 2.17. The van der Waals surface area contributed by atoms with Gasteiger partial charge in [0.1, 0.15) is 12.2 Å². The summed E-state index contributed by atoms with van der Waals surface area (Å²) in [5.41, 5.74) is 0.275. The van der Waals surface area contributed by atoms with Crippen LogP contribution in [0.4, 0.5) is 0 Å². The van der Waals surface area contributed by atoms with E-state index in [0.29, 0.717) is 11.8 Å². The van der Waals surface area contributed by atoms with E-state index in [0.717, 1.165) is 31.9 Å². The zero-order valence-corrected chi connectivity index (χ0v) is 13.4. The van der Waals surface area contributed by atoms with Crippen molar-refractivity contribution in [2.24, 2.45) is 17.3 Å². The topological polar surface area (TPSA) is 42.7 Å². The summed E-state index contributed by atoms with van der Waals surface area (Å²) in [5, 5.41) is 7.83. The van der Waals surface area contributed by atoms with Gasteiger partial charge in [0.05, 0.1) is 0 Å². The monoisotopic (exact) mass is 266 g/mol. The lowest BCUT2D eigenvalue weighted by molar-refractivity contribution is 0.225. The van der Waals surface area contributed by atoms with Crippen molar-refractivity contribution in [2.45, 2.75) is 54.5 Å². The predicted octanol–water partition coefficient (Wildman–Crippen LogP) is 2.75. The standard InChI is InChI=1S/C15H30N4/c1-7-16-9-13(15(4,5)6)8-14-17-11-18-19(14)10-12(2)3/h11-13,16H,7-10H2,1-6H3. The van der Waals surface area contributed by atoms with Crippen molar-refractivity contribution >= 4 is 0 Å². The Morgan fingerprint density at radius 1 is 1.32 bits per heavy atom. The van der Waals surface area contributed by atoms with Crippen LogP contribution >= 0.6 is 0 Å². The summed E-state index contributed by atoms with van der Waals surface area (Å²) in [5.74, 6) is 2.29. The summed E-state index contributed by atoms with van der Waals surface area (Å²) in [7, 11) is 0. The maximum absolute atomic E-state index is 4.45. The molecule has 0 amide bonds. The largest absolute Gasteiger partial charge is 0.317 e. The van der Waals surface area contributed by atoms with Gasteiger partial charge in [0.25, 0.3) is 0 Å². The molecule has 0 bridgehead atoms. The van der Waals surface area contributed by atoms with Crippen LogP contribution in [0.1, 0.15) is 47.4 Å². The van der Waals surface area contributed by atoms with Crippen LogP contribution in [0.5, 0.6) is 0 Å². The van der Waals surface area contributed by atoms with Crippen molar-refractivity contribution in [2.75, 3.05) is 13.1 Å². The molecule has 1 aromatic rings. The van der Waals surface area contributed by atoms with Crippen LogP contribution in [0.15, 0.2) is 6.33 Å². The van der Waals surface area contributed by atoms with Crippen LogP contribution in [0.25, 0.3) is 0 Å². The smallest absolute Gasteiger partial charge is 0.138 e. The average Bonchev–Trinajstić information content (AvgIpc) is 2.69. The molecule has 1 unspecified atom stereocenters. The van der Waals surface area contributed by atoms with Crippen LogP contribution in [0.2, 0.25) is 0 Å². The molecule has 1 atom stereocenters. The van der Waals surface area contributed by atoms with Gasteiger partial charge in [0.2, 0.25) is 0 Å². The van der Waals surface area contributed by atoms with Gasteiger partial charge >= 0.3 is 0 Å². The molecule has 1 N–H and O–H groups in total. The number of nitrogens with one attached hydrogen (secondary N) is 1. The molecule has 110 valence electrons. The van der Waals surface area contributed by atoms with Gasteiger partial charge in [0.15, 0.2) is 0 Å². The van der Waals surface area contributed by atoms with E-state index in [1.165, 1.54) is 0 Å². The third kappa shape index (κ3) is 5.31. The molecule has 0 aliphatic carbocycles. The van der Waals surface area contributed by atoms with Crippen LogP contribution in [0, 0.1) is 17.3 Å². The Morgan fingerprint density at radius 2 is 2.00 bits per heavy atom. The fourth-order valence-corrected chi connectivity index (χ4v) is 2.17. The van der Waals surface area contributed by atoms with Gasteiger partial charge in [-0.15, -0.1) is 0 Å². The van der Waals surface area contributed by atoms with E-state index in [1.807, 2.05) is 0 Å². The van der Waals surface area contributed by atoms with Gasteiger partial charge in [-0.1, -0.05) is 41.5 Å². The number of hydrogen-bond donors (Lipinski definition) is 1. The third-order valence-electron chi connectivity index (χ3n) is 3.53. The summed E-state index contributed by atoms with van der Waals surface area (Å²) in [4.78, 5) is 4.45. The lowest BCUT2D eigenvalue weighted by atomic mass is 9.78. The first-order valence-electron chi connectivity index (χ1n) is 7.42. The predicted molar refractivity (Wildman–Crippen MR) is 80.1 cm³/mol. The number of rotatable bonds is 7. The van der Waals surface area contributed by atoms with Crippen molar-refractivity contribution < 1.29 is 0 Å². The Kier molecular flexibility index (Phi) is 5.98. The molecule has 0 saturated heterocycles. The molecular weight excluding hydrogens is 236 g/mol. The minimum absolute atomic E-state index is 0.275. The van der Waals surface area contributed by atoms with Crippen molar-refractivity contribution in [3.63, 3.8) is 0 Å². The summed E-state index contributed by atoms with van der Waals surface area (Å²) < 4.78 is 2.06. The van der Waals surface area contributed by atoms with Gasteiger partial charge in [-0.05, 0) is 30.3 Å². The molecule has 0 fully saturated rings. The van der Waals surface area contributed by atoms with Crippen LogP contribution in [-0.4, -0.2) is 27.9 Å². The third-order valence-corrected chi connectivity index (χ3v) is 3.53. The SMILES string of the molecule is CCNCC(Cc1ncnn1CC(C)C)C(C)(C)C. The zero-order valence-electron chi connectivity index (χ0n) is 13.4. The molecule has 0 aliphatic rings. The van der Waals surface area contributed by atoms with E-state index in [4.69, 9.17) is 0 Å². The highest BCUT2D eigenvalue weighted by Crippen LogP contribution is 2.28. The summed E-state index contributed by atoms with van der Waals surface area (Å²) in [6.07, 6.45) is 2.67. The van der Waals surface area contributed by atoms with E-state index >= 15 is 0 Å². The molecule has 4 heteroatoms. The Morgan fingerprint density at radius 3 is 2.53 bits per heavy atom. The minimum atomic E-state index is 0.275. The Balaban J connectivity index is 2.76. The Labute approximate surface area is 118 Å². The highest BCUT2D eigenvalue weighted by Gasteiger charge is 2.26. The van der Waals surface area contributed by atoms with Crippen molar-refractivity contribution in [1.82, 2.24) is 20.1 Å². The lowest BCUT2D eigenvalue weighted by Crippen LogP contribution is -2.34. The first-order chi connectivity index (χ1) is 8.84. The number of aromatic nitrogens is 3. The van der Waals surface area contributed by atoms with Crippen molar-refractivity contribution in [1.29, 1.82) is 0 Å². The minimum Gasteiger partial charge on any atom is -0.317 e. The maximum atomic E-state index is 4.45. The normalized spacial score (nSPS) is 14.1. The Bertz CT molecular complexity index is 362. The average molecular weight is 266 g/mol. The Hall–Kier alpha value is -0.900. The van der Waals surface area contributed by atoms with Crippen LogP contribution in [-0.2, 0) is 13.0 Å². The van der Waals surface area contributed by atoms with Crippen LogP contribution < -0.4 is 5.32 Å². The molecular formula is C15H30N4. The second-order valence-corrected chi connectivity index (χ2v) is 6.83. The first kappa shape index (κ1) is 16.2. The van der Waals surface area contributed by atoms with Gasteiger partial charge in [-0.3, -0.25) is 0 Å². The molecule has 19 heavy (non-hydrogen) atoms. The van der Waals surface area contributed by atoms with E-state index in [1.54, 1.807) is 6.33 Å². The molecule has 1 rings (SSSR count). The molecule has 1 aromatic heterocycles. The first-order valence-corrected chi connectivity index (χ1v) is 7.42. The molecule has 0 aliphatic heterocycles. The fraction of sp³-hybridized carbons (Fsp3) is 0.867. The molecule has 4 nitrogen and oxygen atoms in total. The number of hydrogen-bond acceptors (Lipinski definition) is 3. The van der Waals surface area contributed by atoms with E-state index in [-0.39, 0.29) is 5.41 Å².